The van der Waals surface area contributed by atoms with Gasteiger partial charge in [0.15, 0.2) is 0 Å². The first-order valence-corrected chi connectivity index (χ1v) is 6.76. The van der Waals surface area contributed by atoms with E-state index in [9.17, 15) is 4.39 Å². The molecule has 2 N–H and O–H groups in total. The molecule has 3 aromatic rings. The predicted octanol–water partition coefficient (Wildman–Crippen LogP) is 3.63. The second-order valence-corrected chi connectivity index (χ2v) is 5.10. The van der Waals surface area contributed by atoms with E-state index in [2.05, 4.69) is 5.10 Å². The SMILES string of the molecule is Cc1ccc(-c2cc(N)n(Cc3ccc(F)cc3)n2)cc1. The molecule has 4 heteroatoms. The van der Waals surface area contributed by atoms with Crippen LogP contribution in [0.15, 0.2) is 54.6 Å². The molecular formula is C17H16FN3. The number of hydrogen-bond acceptors (Lipinski definition) is 2. The Morgan fingerprint density at radius 2 is 1.71 bits per heavy atom. The number of aryl methyl sites for hydroxylation is 1. The third-order valence-corrected chi connectivity index (χ3v) is 3.40. The van der Waals surface area contributed by atoms with Gasteiger partial charge in [-0.3, -0.25) is 0 Å². The van der Waals surface area contributed by atoms with Crippen molar-refractivity contribution in [2.45, 2.75) is 13.5 Å². The summed E-state index contributed by atoms with van der Waals surface area (Å²) in [5, 5.41) is 4.53. The first kappa shape index (κ1) is 13.4. The van der Waals surface area contributed by atoms with Crippen LogP contribution in [0.5, 0.6) is 0 Å². The smallest absolute Gasteiger partial charge is 0.123 e. The van der Waals surface area contributed by atoms with E-state index in [-0.39, 0.29) is 5.82 Å². The summed E-state index contributed by atoms with van der Waals surface area (Å²) < 4.78 is 14.6. The molecule has 21 heavy (non-hydrogen) atoms. The maximum Gasteiger partial charge on any atom is 0.123 e. The molecule has 0 saturated heterocycles. The van der Waals surface area contributed by atoms with Crippen LogP contribution in [-0.2, 0) is 6.54 Å². The number of benzene rings is 2. The molecule has 0 fully saturated rings. The van der Waals surface area contributed by atoms with Crippen molar-refractivity contribution < 1.29 is 4.39 Å². The molecule has 0 aliphatic heterocycles. The van der Waals surface area contributed by atoms with Crippen molar-refractivity contribution in [3.05, 3.63) is 71.5 Å². The summed E-state index contributed by atoms with van der Waals surface area (Å²) >= 11 is 0. The number of nitrogens with zero attached hydrogens (tertiary/aromatic N) is 2. The average molecular weight is 281 g/mol. The van der Waals surface area contributed by atoms with Gasteiger partial charge >= 0.3 is 0 Å². The van der Waals surface area contributed by atoms with Crippen LogP contribution in [-0.4, -0.2) is 9.78 Å². The van der Waals surface area contributed by atoms with Gasteiger partial charge < -0.3 is 5.73 Å². The molecule has 2 aromatic carbocycles. The Balaban J connectivity index is 1.87. The van der Waals surface area contributed by atoms with Crippen molar-refractivity contribution in [3.63, 3.8) is 0 Å². The summed E-state index contributed by atoms with van der Waals surface area (Å²) in [4.78, 5) is 0. The van der Waals surface area contributed by atoms with Crippen LogP contribution < -0.4 is 5.73 Å². The fourth-order valence-corrected chi connectivity index (χ4v) is 2.19. The molecule has 0 atom stereocenters. The van der Waals surface area contributed by atoms with Gasteiger partial charge in [0.2, 0.25) is 0 Å². The van der Waals surface area contributed by atoms with Crippen LogP contribution in [0, 0.1) is 12.7 Å². The molecule has 1 aromatic heterocycles. The zero-order chi connectivity index (χ0) is 14.8. The van der Waals surface area contributed by atoms with Gasteiger partial charge in [-0.05, 0) is 24.6 Å². The first-order valence-electron chi connectivity index (χ1n) is 6.76. The van der Waals surface area contributed by atoms with Gasteiger partial charge in [-0.15, -0.1) is 0 Å². The predicted molar refractivity (Wildman–Crippen MR) is 82.3 cm³/mol. The molecule has 0 unspecified atom stereocenters. The summed E-state index contributed by atoms with van der Waals surface area (Å²) in [5.41, 5.74) is 10.1. The highest BCUT2D eigenvalue weighted by atomic mass is 19.1. The summed E-state index contributed by atoms with van der Waals surface area (Å²) in [5.74, 6) is 0.349. The zero-order valence-electron chi connectivity index (χ0n) is 11.8. The largest absolute Gasteiger partial charge is 0.384 e. The number of nitrogens with two attached hydrogens (primary N) is 1. The number of hydrogen-bond donors (Lipinski definition) is 1. The number of nitrogen functional groups attached to an aromatic ring is 1. The second kappa shape index (κ2) is 5.40. The normalized spacial score (nSPS) is 10.8. The van der Waals surface area contributed by atoms with Crippen molar-refractivity contribution in [1.29, 1.82) is 0 Å². The Morgan fingerprint density at radius 3 is 2.38 bits per heavy atom. The van der Waals surface area contributed by atoms with E-state index in [1.807, 2.05) is 37.3 Å². The third kappa shape index (κ3) is 2.94. The average Bonchev–Trinajstić information content (AvgIpc) is 2.83. The monoisotopic (exact) mass is 281 g/mol. The van der Waals surface area contributed by atoms with E-state index in [0.29, 0.717) is 12.4 Å². The summed E-state index contributed by atoms with van der Waals surface area (Å²) in [6, 6.07) is 16.4. The van der Waals surface area contributed by atoms with Gasteiger partial charge in [0, 0.05) is 11.6 Å². The van der Waals surface area contributed by atoms with Gasteiger partial charge in [-0.2, -0.15) is 5.10 Å². The van der Waals surface area contributed by atoms with Crippen molar-refractivity contribution in [2.75, 3.05) is 5.73 Å². The molecule has 106 valence electrons. The van der Waals surface area contributed by atoms with Gasteiger partial charge in [0.1, 0.15) is 11.6 Å². The Bertz CT molecular complexity index is 743. The van der Waals surface area contributed by atoms with Crippen molar-refractivity contribution in [2.24, 2.45) is 0 Å². The van der Waals surface area contributed by atoms with Crippen molar-refractivity contribution >= 4 is 5.82 Å². The number of rotatable bonds is 3. The molecule has 0 aliphatic carbocycles. The first-order chi connectivity index (χ1) is 10.1. The van der Waals surface area contributed by atoms with Crippen LogP contribution >= 0.6 is 0 Å². The Morgan fingerprint density at radius 1 is 1.05 bits per heavy atom. The molecule has 3 nitrogen and oxygen atoms in total. The van der Waals surface area contributed by atoms with Crippen LogP contribution in [0.25, 0.3) is 11.3 Å². The zero-order valence-corrected chi connectivity index (χ0v) is 11.8. The highest BCUT2D eigenvalue weighted by Crippen LogP contribution is 2.21. The minimum Gasteiger partial charge on any atom is -0.384 e. The van der Waals surface area contributed by atoms with Gasteiger partial charge in [0.25, 0.3) is 0 Å². The second-order valence-electron chi connectivity index (χ2n) is 5.10. The van der Waals surface area contributed by atoms with E-state index in [0.717, 1.165) is 16.8 Å². The fraction of sp³-hybridized carbons (Fsp3) is 0.118. The molecule has 0 amide bonds. The molecular weight excluding hydrogens is 265 g/mol. The van der Waals surface area contributed by atoms with Gasteiger partial charge in [0.05, 0.1) is 12.2 Å². The highest BCUT2D eigenvalue weighted by molar-refractivity contribution is 5.62. The number of aromatic nitrogens is 2. The van der Waals surface area contributed by atoms with E-state index >= 15 is 0 Å². The topological polar surface area (TPSA) is 43.8 Å². The number of anilines is 1. The van der Waals surface area contributed by atoms with Crippen LogP contribution in [0.2, 0.25) is 0 Å². The summed E-state index contributed by atoms with van der Waals surface area (Å²) in [7, 11) is 0. The maximum atomic E-state index is 12.9. The lowest BCUT2D eigenvalue weighted by Crippen LogP contribution is -2.05. The van der Waals surface area contributed by atoms with Crippen LogP contribution in [0.1, 0.15) is 11.1 Å². The molecule has 0 saturated carbocycles. The highest BCUT2D eigenvalue weighted by Gasteiger charge is 2.07. The molecule has 0 bridgehead atoms. The quantitative estimate of drug-likeness (QED) is 0.796. The van der Waals surface area contributed by atoms with Crippen LogP contribution in [0.4, 0.5) is 10.2 Å². The maximum absolute atomic E-state index is 12.9. The Hall–Kier alpha value is -2.62. The van der Waals surface area contributed by atoms with Crippen molar-refractivity contribution in [3.8, 4) is 11.3 Å². The van der Waals surface area contributed by atoms with E-state index in [4.69, 9.17) is 5.73 Å². The molecule has 0 spiro atoms. The lowest BCUT2D eigenvalue weighted by Gasteiger charge is -2.04. The van der Waals surface area contributed by atoms with E-state index in [1.165, 1.54) is 17.7 Å². The third-order valence-electron chi connectivity index (χ3n) is 3.40. The molecule has 1 heterocycles. The fourth-order valence-electron chi connectivity index (χ4n) is 2.19. The van der Waals surface area contributed by atoms with E-state index in [1.54, 1.807) is 16.8 Å². The van der Waals surface area contributed by atoms with Gasteiger partial charge in [-0.1, -0.05) is 42.0 Å². The van der Waals surface area contributed by atoms with E-state index < -0.39 is 0 Å². The van der Waals surface area contributed by atoms with Crippen molar-refractivity contribution in [1.82, 2.24) is 9.78 Å². The summed E-state index contributed by atoms with van der Waals surface area (Å²) in [6.45, 7) is 2.57. The standard InChI is InChI=1S/C17H16FN3/c1-12-2-6-14(7-3-12)16-10-17(19)21(20-16)11-13-4-8-15(18)9-5-13/h2-10H,11,19H2,1H3. The molecule has 0 aliphatic rings. The Labute approximate surface area is 122 Å². The summed E-state index contributed by atoms with van der Waals surface area (Å²) in [6.07, 6.45) is 0. The Kier molecular flexibility index (Phi) is 3.44. The molecule has 3 rings (SSSR count). The minimum atomic E-state index is -0.243. The lowest BCUT2D eigenvalue weighted by atomic mass is 10.1. The lowest BCUT2D eigenvalue weighted by molar-refractivity contribution is 0.625. The molecule has 0 radical (unpaired) electrons. The van der Waals surface area contributed by atoms with Crippen LogP contribution in [0.3, 0.4) is 0 Å². The minimum absolute atomic E-state index is 0.243. The van der Waals surface area contributed by atoms with Gasteiger partial charge in [-0.25, -0.2) is 9.07 Å². The number of halogens is 1.